The van der Waals surface area contributed by atoms with E-state index in [2.05, 4.69) is 22.3 Å². The highest BCUT2D eigenvalue weighted by Crippen LogP contribution is 2.48. The van der Waals surface area contributed by atoms with Crippen molar-refractivity contribution in [2.24, 2.45) is 29.4 Å². The molecule has 1 aromatic carbocycles. The van der Waals surface area contributed by atoms with Crippen LogP contribution in [0.3, 0.4) is 0 Å². The number of carbonyl (C=O) groups is 2. The Morgan fingerprint density at radius 2 is 1.72 bits per heavy atom. The van der Waals surface area contributed by atoms with Gasteiger partial charge in [-0.3, -0.25) is 9.59 Å². The van der Waals surface area contributed by atoms with Crippen molar-refractivity contribution in [3.05, 3.63) is 24.3 Å². The molecule has 1 saturated heterocycles. The molecular formula is C20H27N3O2. The number of nitrogens with zero attached hydrogens (tertiary/aromatic N) is 1. The number of anilines is 2. The van der Waals surface area contributed by atoms with Crippen LogP contribution in [-0.4, -0.2) is 24.9 Å². The molecule has 2 amide bonds. The van der Waals surface area contributed by atoms with Gasteiger partial charge in [-0.1, -0.05) is 6.42 Å². The average Bonchev–Trinajstić information content (AvgIpc) is 3.26. The van der Waals surface area contributed by atoms with Crippen molar-refractivity contribution < 1.29 is 9.59 Å². The molecule has 25 heavy (non-hydrogen) atoms. The van der Waals surface area contributed by atoms with E-state index in [9.17, 15) is 9.59 Å². The van der Waals surface area contributed by atoms with Gasteiger partial charge in [-0.05, 0) is 68.2 Å². The van der Waals surface area contributed by atoms with E-state index >= 15 is 0 Å². The first kappa shape index (κ1) is 16.4. The molecule has 1 aromatic rings. The lowest BCUT2D eigenvalue weighted by atomic mass is 9.88. The van der Waals surface area contributed by atoms with Crippen LogP contribution in [0.2, 0.25) is 0 Å². The van der Waals surface area contributed by atoms with Gasteiger partial charge in [0.25, 0.3) is 0 Å². The van der Waals surface area contributed by atoms with Crippen LogP contribution < -0.4 is 16.0 Å². The highest BCUT2D eigenvalue weighted by atomic mass is 16.2. The number of hydrogen-bond donors (Lipinski definition) is 2. The van der Waals surface area contributed by atoms with E-state index < -0.39 is 0 Å². The number of piperidine rings is 1. The van der Waals surface area contributed by atoms with Crippen LogP contribution in [0.15, 0.2) is 24.3 Å². The Kier molecular flexibility index (Phi) is 4.40. The van der Waals surface area contributed by atoms with Crippen LogP contribution >= 0.6 is 0 Å². The minimum absolute atomic E-state index is 0.0107. The number of nitrogens with two attached hydrogens (primary N) is 1. The molecule has 0 spiro atoms. The monoisotopic (exact) mass is 341 g/mol. The van der Waals surface area contributed by atoms with Gasteiger partial charge in [0, 0.05) is 36.3 Å². The van der Waals surface area contributed by atoms with Gasteiger partial charge in [-0.25, -0.2) is 0 Å². The van der Waals surface area contributed by atoms with Crippen molar-refractivity contribution in [2.75, 3.05) is 23.3 Å². The third-order valence-corrected chi connectivity index (χ3v) is 6.47. The van der Waals surface area contributed by atoms with Gasteiger partial charge in [-0.2, -0.15) is 0 Å². The van der Waals surface area contributed by atoms with Crippen LogP contribution in [0.25, 0.3) is 0 Å². The van der Waals surface area contributed by atoms with Gasteiger partial charge in [0.1, 0.15) is 0 Å². The molecule has 2 saturated carbocycles. The maximum atomic E-state index is 12.5. The summed E-state index contributed by atoms with van der Waals surface area (Å²) in [6.45, 7) is 1.70. The topological polar surface area (TPSA) is 75.4 Å². The van der Waals surface area contributed by atoms with E-state index in [0.29, 0.717) is 5.92 Å². The number of primary amides is 1. The lowest BCUT2D eigenvalue weighted by Gasteiger charge is -2.32. The Bertz CT molecular complexity index is 649. The number of hydrogen-bond acceptors (Lipinski definition) is 3. The summed E-state index contributed by atoms with van der Waals surface area (Å²) in [6, 6.07) is 8.09. The van der Waals surface area contributed by atoms with Gasteiger partial charge < -0.3 is 16.0 Å². The fourth-order valence-corrected chi connectivity index (χ4v) is 4.98. The Labute approximate surface area is 148 Å². The van der Waals surface area contributed by atoms with Crippen LogP contribution in [0.1, 0.15) is 38.5 Å². The van der Waals surface area contributed by atoms with Crippen molar-refractivity contribution in [1.82, 2.24) is 0 Å². The second kappa shape index (κ2) is 6.70. The van der Waals surface area contributed by atoms with Crippen molar-refractivity contribution >= 4 is 23.2 Å². The number of benzene rings is 1. The molecule has 3 atom stereocenters. The molecule has 1 heterocycles. The molecule has 5 nitrogen and oxygen atoms in total. The summed E-state index contributed by atoms with van der Waals surface area (Å²) in [5, 5.41) is 3.10. The van der Waals surface area contributed by atoms with Crippen molar-refractivity contribution in [3.63, 3.8) is 0 Å². The fraction of sp³-hybridized carbons (Fsp3) is 0.600. The molecule has 3 fully saturated rings. The number of fused-ring (bicyclic) bond motifs is 2. The average molecular weight is 341 g/mol. The maximum absolute atomic E-state index is 12.5. The molecule has 134 valence electrons. The molecule has 1 aliphatic heterocycles. The second-order valence-electron chi connectivity index (χ2n) is 7.98. The van der Waals surface area contributed by atoms with Gasteiger partial charge in [0.2, 0.25) is 11.8 Å². The first-order chi connectivity index (χ1) is 12.1. The summed E-state index contributed by atoms with van der Waals surface area (Å²) in [4.78, 5) is 26.1. The lowest BCUT2D eigenvalue weighted by Crippen LogP contribution is -2.38. The Morgan fingerprint density at radius 3 is 2.28 bits per heavy atom. The Balaban J connectivity index is 1.33. The van der Waals surface area contributed by atoms with Crippen LogP contribution in [-0.2, 0) is 9.59 Å². The standard InChI is InChI=1S/C20H27N3O2/c21-19(24)14-7-9-23(10-8-14)17-5-3-16(4-6-17)22-20(25)18-12-13-1-2-15(18)11-13/h3-6,13-15,18H,1-2,7-12H2,(H2,21,24)(H,22,25)/t13-,15-,18-/m0/s1. The number of carbonyl (C=O) groups excluding carboxylic acids is 2. The zero-order valence-electron chi connectivity index (χ0n) is 14.6. The lowest BCUT2D eigenvalue weighted by molar-refractivity contribution is -0.122. The van der Waals surface area contributed by atoms with Crippen molar-refractivity contribution in [3.8, 4) is 0 Å². The minimum atomic E-state index is -0.182. The van der Waals surface area contributed by atoms with Gasteiger partial charge in [0.05, 0.1) is 0 Å². The molecule has 0 radical (unpaired) electrons. The van der Waals surface area contributed by atoms with E-state index in [1.807, 2.05) is 12.1 Å². The molecule has 4 rings (SSSR count). The second-order valence-corrected chi connectivity index (χ2v) is 7.98. The van der Waals surface area contributed by atoms with Gasteiger partial charge in [0.15, 0.2) is 0 Å². The van der Waals surface area contributed by atoms with E-state index in [4.69, 9.17) is 5.73 Å². The first-order valence-electron chi connectivity index (χ1n) is 9.55. The molecular weight excluding hydrogens is 314 g/mol. The molecule has 0 aromatic heterocycles. The summed E-state index contributed by atoms with van der Waals surface area (Å²) in [5.41, 5.74) is 7.41. The Hall–Kier alpha value is -2.04. The number of amides is 2. The third-order valence-electron chi connectivity index (χ3n) is 6.47. The molecule has 5 heteroatoms. The van der Waals surface area contributed by atoms with E-state index in [0.717, 1.165) is 49.6 Å². The van der Waals surface area contributed by atoms with Crippen LogP contribution in [0, 0.1) is 23.7 Å². The van der Waals surface area contributed by atoms with Crippen molar-refractivity contribution in [2.45, 2.75) is 38.5 Å². The first-order valence-corrected chi connectivity index (χ1v) is 9.55. The summed E-state index contributed by atoms with van der Waals surface area (Å²) in [7, 11) is 0. The van der Waals surface area contributed by atoms with Crippen LogP contribution in [0.4, 0.5) is 11.4 Å². The minimum Gasteiger partial charge on any atom is -0.371 e. The van der Waals surface area contributed by atoms with Crippen LogP contribution in [0.5, 0.6) is 0 Å². The zero-order valence-corrected chi connectivity index (χ0v) is 14.6. The molecule has 3 aliphatic rings. The van der Waals surface area contributed by atoms with E-state index in [1.165, 1.54) is 19.3 Å². The smallest absolute Gasteiger partial charge is 0.227 e. The highest BCUT2D eigenvalue weighted by Gasteiger charge is 2.43. The Morgan fingerprint density at radius 1 is 1.00 bits per heavy atom. The largest absolute Gasteiger partial charge is 0.371 e. The molecule has 0 unspecified atom stereocenters. The van der Waals surface area contributed by atoms with Crippen molar-refractivity contribution in [1.29, 1.82) is 0 Å². The zero-order chi connectivity index (χ0) is 17.4. The summed E-state index contributed by atoms with van der Waals surface area (Å²) < 4.78 is 0. The third kappa shape index (κ3) is 3.37. The SMILES string of the molecule is NC(=O)C1CCN(c2ccc(NC(=O)[C@H]3C[C@H]4CC[C@H]3C4)cc2)CC1. The maximum Gasteiger partial charge on any atom is 0.227 e. The summed E-state index contributed by atoms with van der Waals surface area (Å²) >= 11 is 0. The molecule has 2 aliphatic carbocycles. The number of nitrogens with one attached hydrogen (secondary N) is 1. The highest BCUT2D eigenvalue weighted by molar-refractivity contribution is 5.93. The summed E-state index contributed by atoms with van der Waals surface area (Å²) in [6.07, 6.45) is 6.50. The fourth-order valence-electron chi connectivity index (χ4n) is 4.98. The normalized spacial score (nSPS) is 29.0. The van der Waals surface area contributed by atoms with E-state index in [-0.39, 0.29) is 23.7 Å². The molecule has 2 bridgehead atoms. The quantitative estimate of drug-likeness (QED) is 0.884. The predicted octanol–water partition coefficient (Wildman–Crippen LogP) is 2.76. The summed E-state index contributed by atoms with van der Waals surface area (Å²) in [5.74, 6) is 1.63. The number of rotatable bonds is 4. The molecule has 3 N–H and O–H groups in total. The van der Waals surface area contributed by atoms with E-state index in [1.54, 1.807) is 0 Å². The van der Waals surface area contributed by atoms with Gasteiger partial charge in [-0.15, -0.1) is 0 Å². The van der Waals surface area contributed by atoms with Gasteiger partial charge >= 0.3 is 0 Å². The predicted molar refractivity (Wildman–Crippen MR) is 98.1 cm³/mol.